The number of nitrogen functional groups attached to an aromatic ring is 1. The van der Waals surface area contributed by atoms with E-state index in [0.29, 0.717) is 67.9 Å². The first kappa shape index (κ1) is 68.8. The molecule has 4 fully saturated rings. The number of fused-ring (bicyclic) bond motifs is 3. The summed E-state index contributed by atoms with van der Waals surface area (Å²) in [5.41, 5.74) is 5.48. The van der Waals surface area contributed by atoms with E-state index in [0.717, 1.165) is 24.3 Å². The second-order valence-corrected chi connectivity index (χ2v) is 23.5. The van der Waals surface area contributed by atoms with Gasteiger partial charge >= 0.3 is 17.6 Å². The maximum atomic E-state index is 14.4. The third kappa shape index (κ3) is 17.4. The second kappa shape index (κ2) is 30.9. The zero-order valence-electron chi connectivity index (χ0n) is 49.6. The number of piperidine rings is 1. The number of allylic oxidation sites excluding steroid dienone is 6. The number of rotatable bonds is 8. The molecule has 466 valence electrons. The van der Waals surface area contributed by atoms with Gasteiger partial charge in [-0.1, -0.05) is 71.1 Å². The highest BCUT2D eigenvalue weighted by atomic mass is 19.3. The summed E-state index contributed by atoms with van der Waals surface area (Å²) in [5.74, 6) is -11.8. The first-order chi connectivity index (χ1) is 39.1. The number of hydrogen-bond donors (Lipinski definition) is 6. The Balaban J connectivity index is 0.000000590. The van der Waals surface area contributed by atoms with Crippen LogP contribution in [0.4, 0.5) is 14.6 Å². The minimum absolute atomic E-state index is 0.0193. The lowest BCUT2D eigenvalue weighted by atomic mass is 9.78. The third-order valence-electron chi connectivity index (χ3n) is 17.1. The molecule has 5 heterocycles. The van der Waals surface area contributed by atoms with Crippen LogP contribution >= 0.6 is 0 Å². The number of halogens is 2. The summed E-state index contributed by atoms with van der Waals surface area (Å²) in [7, 11) is 4.52. The van der Waals surface area contributed by atoms with Gasteiger partial charge in [-0.15, -0.1) is 0 Å². The van der Waals surface area contributed by atoms with Crippen molar-refractivity contribution in [3.05, 3.63) is 70.3 Å². The van der Waals surface area contributed by atoms with E-state index in [1.807, 2.05) is 58.1 Å². The standard InChI is InChI=1S/C51H79NO13.C9H11F2N3O4/c1-30-16-12-11-13-17-31(2)42(61-8)28-38-21-19-36(7)51(60,65-38)48(57)49(58)52-23-15-14-18-39(52)50(59)64-43(33(4)26-37-20-22-40(53)44(27-37)62-9)29-41(54)32(3)25-35(6)46(56)47(63-10)45(55)34(5)24-30;10-9(11)6(16)4(3-15)18-7(9)14-2-1-5(12)13-8(14)17/h11-13,16-17,25,30,32-34,36-40,42-44,46-47,53,56,60H,14-15,18-24,26-29H2,1-10H3;1-2,4,6-7,15-16H,3H2,(H2,12,13,17)/b13-11?,16-12+,31-17?,35-25+;/t30-,32-,33-,34-,36-,37+,38+,39+,40-,42+,43+,44-,46-,47+,51-;4-,6-,7-/m11/s1. The monoisotopic (exact) mass is 1180 g/mol. The molecule has 0 radical (unpaired) electrons. The third-order valence-corrected chi connectivity index (χ3v) is 17.1. The summed E-state index contributed by atoms with van der Waals surface area (Å²) in [6.45, 7) is 12.0. The quantitative estimate of drug-likeness (QED) is 0.115. The number of hydrogen-bond acceptors (Lipinski definition) is 19. The average Bonchev–Trinajstić information content (AvgIpc) is 4.01. The highest BCUT2D eigenvalue weighted by Crippen LogP contribution is 2.42. The Hall–Kier alpha value is -4.95. The van der Waals surface area contributed by atoms with Gasteiger partial charge in [0, 0.05) is 64.7 Å². The number of aromatic nitrogens is 2. The van der Waals surface area contributed by atoms with Gasteiger partial charge in [-0.05, 0) is 113 Å². The van der Waals surface area contributed by atoms with E-state index in [2.05, 4.69) is 4.98 Å². The van der Waals surface area contributed by atoms with E-state index in [-0.39, 0.29) is 60.6 Å². The predicted molar refractivity (Wildman–Crippen MR) is 300 cm³/mol. The van der Waals surface area contributed by atoms with Crippen LogP contribution in [0.3, 0.4) is 0 Å². The van der Waals surface area contributed by atoms with E-state index in [4.69, 9.17) is 39.3 Å². The normalized spacial score (nSPS) is 37.3. The zero-order valence-corrected chi connectivity index (χ0v) is 49.6. The lowest BCUT2D eigenvalue weighted by molar-refractivity contribution is -0.265. The first-order valence-corrected chi connectivity index (χ1v) is 29.0. The van der Waals surface area contributed by atoms with Crippen LogP contribution in [-0.2, 0) is 52.4 Å². The fraction of sp³-hybridized carbons (Fsp3) is 0.717. The van der Waals surface area contributed by atoms with E-state index in [1.54, 1.807) is 41.1 Å². The summed E-state index contributed by atoms with van der Waals surface area (Å²) in [6, 6.07) is 0.0126. The van der Waals surface area contributed by atoms with Crippen LogP contribution in [0.15, 0.2) is 64.7 Å². The summed E-state index contributed by atoms with van der Waals surface area (Å²) in [5, 5.41) is 51.9. The molecule has 1 amide bonds. The van der Waals surface area contributed by atoms with Crippen LogP contribution in [0.2, 0.25) is 0 Å². The lowest BCUT2D eigenvalue weighted by Gasteiger charge is -2.42. The van der Waals surface area contributed by atoms with Crippen molar-refractivity contribution >= 4 is 35.0 Å². The molecule has 2 bridgehead atoms. The lowest BCUT2D eigenvalue weighted by Crippen LogP contribution is -2.61. The van der Waals surface area contributed by atoms with Crippen LogP contribution in [0, 0.1) is 35.5 Å². The molecule has 83 heavy (non-hydrogen) atoms. The van der Waals surface area contributed by atoms with Crippen LogP contribution in [0.5, 0.6) is 0 Å². The minimum atomic E-state index is -3.71. The summed E-state index contributed by atoms with van der Waals surface area (Å²) >= 11 is 0. The number of anilines is 1. The molecule has 7 N–H and O–H groups in total. The number of cyclic esters (lactones) is 1. The molecular weight excluding hydrogens is 1090 g/mol. The number of aliphatic hydroxyl groups excluding tert-OH is 4. The minimum Gasteiger partial charge on any atom is -0.460 e. The Morgan fingerprint density at radius 2 is 1.59 bits per heavy atom. The number of ketones is 3. The number of alkyl halides is 2. The molecule has 5 aliphatic rings. The topological polar surface area (TPSA) is 306 Å². The molecule has 1 aromatic rings. The largest absolute Gasteiger partial charge is 0.460 e. The van der Waals surface area contributed by atoms with Gasteiger partial charge in [-0.2, -0.15) is 13.8 Å². The van der Waals surface area contributed by atoms with Gasteiger partial charge in [-0.25, -0.2) is 9.59 Å². The Labute approximate surface area is 485 Å². The van der Waals surface area contributed by atoms with Crippen molar-refractivity contribution in [3.63, 3.8) is 0 Å². The fourth-order valence-electron chi connectivity index (χ4n) is 11.8. The highest BCUT2D eigenvalue weighted by Gasteiger charge is 2.59. The Bertz CT molecular complexity index is 2560. The Morgan fingerprint density at radius 3 is 2.23 bits per heavy atom. The molecule has 3 saturated heterocycles. The molecule has 1 saturated carbocycles. The summed E-state index contributed by atoms with van der Waals surface area (Å²) in [6.07, 6.45) is 6.50. The van der Waals surface area contributed by atoms with Crippen molar-refractivity contribution in [1.29, 1.82) is 0 Å². The zero-order chi connectivity index (χ0) is 61.7. The molecule has 21 nitrogen and oxygen atoms in total. The molecule has 0 aromatic carbocycles. The number of nitrogens with zero attached hydrogens (tertiary/aromatic N) is 3. The van der Waals surface area contributed by atoms with E-state index in [9.17, 15) is 58.0 Å². The van der Waals surface area contributed by atoms with E-state index < -0.39 is 121 Å². The number of nitrogens with two attached hydrogens (primary N) is 1. The molecule has 1 aromatic heterocycles. The van der Waals surface area contributed by atoms with Gasteiger partial charge in [0.15, 0.2) is 11.9 Å². The number of carbonyl (C=O) groups excluding carboxylic acids is 5. The Morgan fingerprint density at radius 1 is 0.880 bits per heavy atom. The number of ether oxygens (including phenoxy) is 6. The number of aliphatic hydroxyl groups is 5. The van der Waals surface area contributed by atoms with Crippen molar-refractivity contribution in [2.45, 2.75) is 204 Å². The average molecular weight is 1180 g/mol. The molecule has 23 heteroatoms. The number of amides is 1. The van der Waals surface area contributed by atoms with Crippen molar-refractivity contribution in [1.82, 2.24) is 14.5 Å². The number of methoxy groups -OCH3 is 3. The summed E-state index contributed by atoms with van der Waals surface area (Å²) < 4.78 is 62.1. The molecule has 6 rings (SSSR count). The summed E-state index contributed by atoms with van der Waals surface area (Å²) in [4.78, 5) is 86.5. The molecule has 18 atom stereocenters. The number of Topliss-reactive ketones (excluding diaryl/α,β-unsaturated/α-hetero) is 3. The molecule has 0 spiro atoms. The molecule has 4 aliphatic heterocycles. The smallest absolute Gasteiger partial charge is 0.351 e. The van der Waals surface area contributed by atoms with Gasteiger partial charge < -0.3 is 64.6 Å². The predicted octanol–water partition coefficient (Wildman–Crippen LogP) is 4.89. The van der Waals surface area contributed by atoms with Crippen LogP contribution in [-0.4, -0.2) is 176 Å². The maximum absolute atomic E-state index is 14.4. The number of carbonyl (C=O) groups is 5. The van der Waals surface area contributed by atoms with Crippen LogP contribution in [0.25, 0.3) is 0 Å². The van der Waals surface area contributed by atoms with Gasteiger partial charge in [-0.3, -0.25) is 23.7 Å². The second-order valence-electron chi connectivity index (χ2n) is 23.5. The van der Waals surface area contributed by atoms with E-state index in [1.165, 1.54) is 12.0 Å². The molecule has 0 unspecified atom stereocenters. The van der Waals surface area contributed by atoms with Gasteiger partial charge in [0.2, 0.25) is 12.0 Å². The van der Waals surface area contributed by atoms with Crippen molar-refractivity contribution < 1.29 is 86.7 Å². The number of esters is 1. The van der Waals surface area contributed by atoms with Gasteiger partial charge in [0.1, 0.15) is 42.1 Å². The van der Waals surface area contributed by atoms with Gasteiger partial charge in [0.25, 0.3) is 11.7 Å². The fourth-order valence-corrected chi connectivity index (χ4v) is 11.8. The van der Waals surface area contributed by atoms with E-state index >= 15 is 0 Å². The van der Waals surface area contributed by atoms with Crippen molar-refractivity contribution in [2.24, 2.45) is 35.5 Å². The molecule has 1 aliphatic carbocycles. The Kier molecular flexibility index (Phi) is 25.6. The van der Waals surface area contributed by atoms with Gasteiger partial charge in [0.05, 0.1) is 31.0 Å². The van der Waals surface area contributed by atoms with Crippen LogP contribution < -0.4 is 11.4 Å². The van der Waals surface area contributed by atoms with Crippen molar-refractivity contribution in [3.8, 4) is 0 Å². The van der Waals surface area contributed by atoms with Crippen molar-refractivity contribution in [2.75, 3.05) is 40.2 Å². The maximum Gasteiger partial charge on any atom is 0.351 e. The SMILES string of the molecule is CO[C@H]1C[C@@H]2CC[C@@H](C)[C@@](O)(O2)C(=O)C(=O)N2CCCC[C@H]2C(=O)O[C@H]([C@H](C)C[C@@H]2CC[C@@H](O)[C@H](OC)C2)CC(=O)[C@H](C)/C=C(\C)[C@@H](O)[C@@H](OC)C(=O)[C@H](C)C[C@H](C)/C=C/C=CC=C1C.Nc1ccn([C@@H]2O[C@H](CO)[C@@H](O)C2(F)F)c(=O)n1. The highest BCUT2D eigenvalue weighted by molar-refractivity contribution is 6.39. The molecular formula is C60H90F2N4O17. The first-order valence-electron chi connectivity index (χ1n) is 29.0. The van der Waals surface area contributed by atoms with Crippen LogP contribution in [0.1, 0.15) is 132 Å².